The maximum atomic E-state index is 15.1. The van der Waals surface area contributed by atoms with Crippen LogP contribution in [-0.4, -0.2) is 15.0 Å². The number of hydrogen-bond acceptors (Lipinski definition) is 5. The van der Waals surface area contributed by atoms with Gasteiger partial charge in [0.25, 0.3) is 0 Å². The fourth-order valence-corrected chi connectivity index (χ4v) is 9.22. The minimum Gasteiger partial charge on any atom is -0.455 e. The predicted octanol–water partition coefficient (Wildman–Crippen LogP) is 9.05. The molecule has 0 atom stereocenters. The van der Waals surface area contributed by atoms with Crippen LogP contribution in [0, 0.1) is 0 Å². The van der Waals surface area contributed by atoms with Crippen LogP contribution < -0.4 is 15.9 Å². The van der Waals surface area contributed by atoms with Gasteiger partial charge in [-0.2, -0.15) is 0 Å². The lowest BCUT2D eigenvalue weighted by atomic mass is 10.0. The first-order chi connectivity index (χ1) is 23.2. The Morgan fingerprint density at radius 2 is 1.17 bits per heavy atom. The Balaban J connectivity index is 1.22. The van der Waals surface area contributed by atoms with E-state index in [1.54, 1.807) is 12.4 Å². The van der Waals surface area contributed by atoms with Gasteiger partial charge in [-0.05, 0) is 24.3 Å². The van der Waals surface area contributed by atoms with Crippen LogP contribution in [0.1, 0.15) is 0 Å². The first kappa shape index (κ1) is 27.4. The molecule has 0 unspecified atom stereocenters. The highest BCUT2D eigenvalue weighted by Gasteiger charge is 2.30. The van der Waals surface area contributed by atoms with Gasteiger partial charge in [0.05, 0.1) is 16.7 Å². The Morgan fingerprint density at radius 1 is 0.532 bits per heavy atom. The maximum absolute atomic E-state index is 15.1. The lowest BCUT2D eigenvalue weighted by molar-refractivity contribution is 0.592. The highest BCUT2D eigenvalue weighted by Crippen LogP contribution is 2.44. The summed E-state index contributed by atoms with van der Waals surface area (Å²) in [7, 11) is -3.20. The zero-order valence-corrected chi connectivity index (χ0v) is 26.0. The number of rotatable bonds is 5. The van der Waals surface area contributed by atoms with E-state index < -0.39 is 7.14 Å². The molecule has 47 heavy (non-hydrogen) atoms. The summed E-state index contributed by atoms with van der Waals surface area (Å²) in [6.07, 6.45) is 5.35. The zero-order valence-electron chi connectivity index (χ0n) is 25.1. The molecule has 0 radical (unpaired) electrons. The summed E-state index contributed by atoms with van der Waals surface area (Å²) < 4.78 is 21.9. The number of benzene rings is 5. The Kier molecular flexibility index (Phi) is 6.34. The molecule has 4 aromatic heterocycles. The third kappa shape index (κ3) is 4.39. The van der Waals surface area contributed by atoms with Gasteiger partial charge in [-0.25, -0.2) is 4.98 Å². The second-order valence-electron chi connectivity index (χ2n) is 11.6. The molecule has 4 heterocycles. The molecule has 5 nitrogen and oxygen atoms in total. The van der Waals surface area contributed by atoms with Crippen LogP contribution >= 0.6 is 7.14 Å². The largest absolute Gasteiger partial charge is 0.455 e. The lowest BCUT2D eigenvalue weighted by Gasteiger charge is -2.20. The molecule has 0 N–H and O–H groups in total. The van der Waals surface area contributed by atoms with Crippen LogP contribution in [0.5, 0.6) is 0 Å². The number of furan rings is 1. The molecule has 9 rings (SSSR count). The first-order valence-corrected chi connectivity index (χ1v) is 17.2. The summed E-state index contributed by atoms with van der Waals surface area (Å²) in [4.78, 5) is 14.4. The van der Waals surface area contributed by atoms with Crippen LogP contribution in [0.15, 0.2) is 163 Å². The van der Waals surface area contributed by atoms with Crippen molar-refractivity contribution in [3.63, 3.8) is 0 Å². The van der Waals surface area contributed by atoms with Crippen LogP contribution in [-0.2, 0) is 4.57 Å². The van der Waals surface area contributed by atoms with E-state index in [0.717, 1.165) is 76.7 Å². The van der Waals surface area contributed by atoms with Crippen molar-refractivity contribution in [2.75, 3.05) is 0 Å². The smallest absolute Gasteiger partial charge is 0.172 e. The van der Waals surface area contributed by atoms with Crippen LogP contribution in [0.25, 0.3) is 66.1 Å². The van der Waals surface area contributed by atoms with Crippen molar-refractivity contribution in [1.82, 2.24) is 15.0 Å². The lowest BCUT2D eigenvalue weighted by Crippen LogP contribution is -2.25. The average Bonchev–Trinajstić information content (AvgIpc) is 3.54. The van der Waals surface area contributed by atoms with E-state index in [4.69, 9.17) is 9.40 Å². The van der Waals surface area contributed by atoms with Crippen LogP contribution in [0.4, 0.5) is 0 Å². The molecule has 0 fully saturated rings. The van der Waals surface area contributed by atoms with Crippen molar-refractivity contribution in [2.45, 2.75) is 0 Å². The standard InChI is InChI=1S/C41H26N3O2P/c45-47(30-11-3-1-4-12-30,31-13-5-2-6-14-31)32-24-29(25-42-26-32)33-15-7-16-34-35-17-8-18-36(41(35)46-40(33)34)37-22-21-28-20-19-27-10-9-23-43-38(27)39(28)44-37/h1-26H. The molecule has 0 saturated heterocycles. The van der Waals surface area contributed by atoms with Crippen LogP contribution in [0.3, 0.4) is 0 Å². The van der Waals surface area contributed by atoms with Gasteiger partial charge in [-0.3, -0.25) is 9.97 Å². The van der Waals surface area contributed by atoms with E-state index in [9.17, 15) is 0 Å². The fourth-order valence-electron chi connectivity index (χ4n) is 6.59. The van der Waals surface area contributed by atoms with Crippen molar-refractivity contribution in [3.8, 4) is 22.4 Å². The SMILES string of the molecule is O=P(c1ccccc1)(c1ccccc1)c1cncc(-c2cccc3c2oc2c(-c4ccc5ccc6cccnc6c5n4)cccc23)c1. The third-order valence-corrected chi connectivity index (χ3v) is 11.9. The normalized spacial score (nSPS) is 11.9. The van der Waals surface area contributed by atoms with E-state index >= 15 is 4.57 Å². The second kappa shape index (κ2) is 10.9. The van der Waals surface area contributed by atoms with E-state index in [0.29, 0.717) is 5.30 Å². The molecule has 0 aliphatic heterocycles. The van der Waals surface area contributed by atoms with Gasteiger partial charge < -0.3 is 8.98 Å². The van der Waals surface area contributed by atoms with Gasteiger partial charge >= 0.3 is 0 Å². The minimum absolute atomic E-state index is 0.669. The molecule has 9 aromatic rings. The number of para-hydroxylation sites is 2. The Labute approximate surface area is 270 Å². The van der Waals surface area contributed by atoms with Crippen molar-refractivity contribution in [2.24, 2.45) is 0 Å². The summed E-state index contributed by atoms with van der Waals surface area (Å²) in [5.41, 5.74) is 6.69. The van der Waals surface area contributed by atoms with Gasteiger partial charge in [0, 0.05) is 72.7 Å². The topological polar surface area (TPSA) is 68.9 Å². The van der Waals surface area contributed by atoms with Gasteiger partial charge in [-0.1, -0.05) is 115 Å². The van der Waals surface area contributed by atoms with E-state index in [2.05, 4.69) is 52.4 Å². The first-order valence-electron chi connectivity index (χ1n) is 15.4. The van der Waals surface area contributed by atoms with E-state index in [1.807, 2.05) is 103 Å². The molecule has 222 valence electrons. The summed E-state index contributed by atoms with van der Waals surface area (Å²) >= 11 is 0. The Morgan fingerprint density at radius 3 is 1.89 bits per heavy atom. The van der Waals surface area contributed by atoms with Crippen molar-refractivity contribution in [1.29, 1.82) is 0 Å². The quantitative estimate of drug-likeness (QED) is 0.141. The summed E-state index contributed by atoms with van der Waals surface area (Å²) in [5, 5.41) is 6.28. The number of nitrogens with zero attached hydrogens (tertiary/aromatic N) is 3. The van der Waals surface area contributed by atoms with Crippen molar-refractivity contribution >= 4 is 66.8 Å². The molecular weight excluding hydrogens is 597 g/mol. The monoisotopic (exact) mass is 623 g/mol. The molecule has 0 bridgehead atoms. The van der Waals surface area contributed by atoms with Gasteiger partial charge in [0.1, 0.15) is 11.2 Å². The molecule has 6 heteroatoms. The minimum atomic E-state index is -3.20. The maximum Gasteiger partial charge on any atom is 0.172 e. The fraction of sp³-hybridized carbons (Fsp3) is 0. The summed E-state index contributed by atoms with van der Waals surface area (Å²) in [6.45, 7) is 0. The van der Waals surface area contributed by atoms with Gasteiger partial charge in [0.15, 0.2) is 7.14 Å². The van der Waals surface area contributed by atoms with Crippen molar-refractivity contribution in [3.05, 3.63) is 158 Å². The van der Waals surface area contributed by atoms with Gasteiger partial charge in [0.2, 0.25) is 0 Å². The molecule has 0 aliphatic rings. The molecule has 0 amide bonds. The Bertz CT molecular complexity index is 2630. The van der Waals surface area contributed by atoms with Gasteiger partial charge in [-0.15, -0.1) is 0 Å². The number of fused-ring (bicyclic) bond motifs is 6. The number of aromatic nitrogens is 3. The molecule has 0 aliphatic carbocycles. The molecule has 0 saturated carbocycles. The van der Waals surface area contributed by atoms with Crippen molar-refractivity contribution < 1.29 is 8.98 Å². The second-order valence-corrected chi connectivity index (χ2v) is 14.4. The zero-order chi connectivity index (χ0) is 31.4. The third-order valence-electron chi connectivity index (χ3n) is 8.87. The van der Waals surface area contributed by atoms with E-state index in [-0.39, 0.29) is 0 Å². The highest BCUT2D eigenvalue weighted by molar-refractivity contribution is 7.85. The average molecular weight is 624 g/mol. The summed E-state index contributed by atoms with van der Waals surface area (Å²) in [6, 6.07) is 45.9. The number of pyridine rings is 3. The Hall–Kier alpha value is -5.90. The van der Waals surface area contributed by atoms with Crippen LogP contribution in [0.2, 0.25) is 0 Å². The predicted molar refractivity (Wildman–Crippen MR) is 192 cm³/mol. The summed E-state index contributed by atoms with van der Waals surface area (Å²) in [5.74, 6) is 0. The highest BCUT2D eigenvalue weighted by atomic mass is 31.2. The van der Waals surface area contributed by atoms with E-state index in [1.165, 1.54) is 0 Å². The number of hydrogen-bond donors (Lipinski definition) is 0. The molecule has 0 spiro atoms. The molecular formula is C41H26N3O2P. The molecule has 5 aromatic carbocycles.